The van der Waals surface area contributed by atoms with E-state index in [1.807, 2.05) is 10.7 Å². The van der Waals surface area contributed by atoms with E-state index in [-0.39, 0.29) is 5.91 Å². The van der Waals surface area contributed by atoms with Gasteiger partial charge in [-0.15, -0.1) is 11.3 Å². The first kappa shape index (κ1) is 13.8. The van der Waals surface area contributed by atoms with Crippen molar-refractivity contribution >= 4 is 17.2 Å². The van der Waals surface area contributed by atoms with Gasteiger partial charge in [0.2, 0.25) is 0 Å². The molecule has 6 heteroatoms. The molecule has 0 aliphatic rings. The molecular weight excluding hydrogens is 260 g/mol. The Bertz CT molecular complexity index is 573. The number of nitrogen functional groups attached to an aromatic ring is 1. The zero-order valence-corrected chi connectivity index (χ0v) is 12.0. The highest BCUT2D eigenvalue weighted by Crippen LogP contribution is 2.18. The van der Waals surface area contributed by atoms with E-state index in [0.29, 0.717) is 11.4 Å². The Labute approximate surface area is 116 Å². The number of hydrogen-bond acceptors (Lipinski definition) is 4. The third kappa shape index (κ3) is 3.02. The van der Waals surface area contributed by atoms with Gasteiger partial charge in [0.05, 0.1) is 17.1 Å². The van der Waals surface area contributed by atoms with E-state index in [2.05, 4.69) is 30.4 Å². The van der Waals surface area contributed by atoms with Crippen molar-refractivity contribution in [3.63, 3.8) is 0 Å². The predicted molar refractivity (Wildman–Crippen MR) is 76.1 cm³/mol. The molecule has 0 saturated carbocycles. The van der Waals surface area contributed by atoms with Crippen LogP contribution >= 0.6 is 11.3 Å². The van der Waals surface area contributed by atoms with Crippen LogP contribution in [0.1, 0.15) is 39.8 Å². The van der Waals surface area contributed by atoms with Crippen molar-refractivity contribution in [3.8, 4) is 0 Å². The fraction of sp³-hybridized carbons (Fsp3) is 0.385. The summed E-state index contributed by atoms with van der Waals surface area (Å²) in [7, 11) is 0. The number of hydrazine groups is 1. The van der Waals surface area contributed by atoms with E-state index < -0.39 is 0 Å². The number of rotatable bonds is 5. The van der Waals surface area contributed by atoms with Gasteiger partial charge in [-0.3, -0.25) is 14.9 Å². The smallest absolute Gasteiger partial charge is 0.275 e. The Kier molecular flexibility index (Phi) is 4.34. The molecule has 0 fully saturated rings. The van der Waals surface area contributed by atoms with Crippen molar-refractivity contribution in [1.82, 2.24) is 15.2 Å². The molecule has 0 unspecified atom stereocenters. The lowest BCUT2D eigenvalue weighted by Gasteiger charge is -2.03. The molecule has 3 N–H and O–H groups in total. The summed E-state index contributed by atoms with van der Waals surface area (Å²) in [5, 5.41) is 4.57. The number of carbonyl (C=O) groups excluding carboxylic acids is 1. The summed E-state index contributed by atoms with van der Waals surface area (Å²) < 4.78 is 2.01. The Balaban J connectivity index is 2.18. The predicted octanol–water partition coefficient (Wildman–Crippen LogP) is 1.72. The van der Waals surface area contributed by atoms with Crippen LogP contribution in [0.3, 0.4) is 0 Å². The molecule has 0 spiro atoms. The molecule has 2 rings (SSSR count). The van der Waals surface area contributed by atoms with Gasteiger partial charge < -0.3 is 0 Å². The zero-order valence-electron chi connectivity index (χ0n) is 11.1. The summed E-state index contributed by atoms with van der Waals surface area (Å²) in [4.78, 5) is 13.1. The van der Waals surface area contributed by atoms with Gasteiger partial charge in [-0.05, 0) is 31.0 Å². The lowest BCUT2D eigenvalue weighted by atomic mass is 10.2. The molecular formula is C13H18N4OS. The molecule has 2 aromatic heterocycles. The third-order valence-corrected chi connectivity index (χ3v) is 4.03. The van der Waals surface area contributed by atoms with Gasteiger partial charge in [0.25, 0.3) is 5.91 Å². The molecule has 2 aromatic rings. The standard InChI is InChI=1S/C13H18N4OS/c1-3-9-7-10(4-2)17(16-9)8-11-5-6-12(19-11)13(18)15-14/h5-7H,3-4,8,14H2,1-2H3,(H,15,18). The van der Waals surface area contributed by atoms with Crippen molar-refractivity contribution in [3.05, 3.63) is 39.3 Å². The number of thiophene rings is 1. The zero-order chi connectivity index (χ0) is 13.8. The first-order valence-corrected chi connectivity index (χ1v) is 7.14. The summed E-state index contributed by atoms with van der Waals surface area (Å²) in [5.74, 6) is 4.87. The summed E-state index contributed by atoms with van der Waals surface area (Å²) in [6.07, 6.45) is 1.89. The fourth-order valence-corrected chi connectivity index (χ4v) is 2.81. The van der Waals surface area contributed by atoms with Crippen LogP contribution in [0.25, 0.3) is 0 Å². The average molecular weight is 278 g/mol. The number of carbonyl (C=O) groups is 1. The molecule has 102 valence electrons. The second kappa shape index (κ2) is 5.99. The lowest BCUT2D eigenvalue weighted by molar-refractivity contribution is 0.0957. The topological polar surface area (TPSA) is 72.9 Å². The molecule has 19 heavy (non-hydrogen) atoms. The normalized spacial score (nSPS) is 10.7. The van der Waals surface area contributed by atoms with Crippen molar-refractivity contribution < 1.29 is 4.79 Å². The van der Waals surface area contributed by atoms with Crippen LogP contribution in [-0.4, -0.2) is 15.7 Å². The van der Waals surface area contributed by atoms with Crippen LogP contribution in [0, 0.1) is 0 Å². The van der Waals surface area contributed by atoms with E-state index in [1.54, 1.807) is 6.07 Å². The van der Waals surface area contributed by atoms with E-state index >= 15 is 0 Å². The quantitative estimate of drug-likeness (QED) is 0.497. The van der Waals surface area contributed by atoms with Gasteiger partial charge >= 0.3 is 0 Å². The maximum atomic E-state index is 11.4. The Morgan fingerprint density at radius 2 is 2.21 bits per heavy atom. The largest absolute Gasteiger partial charge is 0.289 e. The van der Waals surface area contributed by atoms with Gasteiger partial charge in [-0.25, -0.2) is 5.84 Å². The summed E-state index contributed by atoms with van der Waals surface area (Å²) in [6.45, 7) is 4.92. The Hall–Kier alpha value is -1.66. The minimum Gasteiger partial charge on any atom is -0.289 e. The van der Waals surface area contributed by atoms with Crippen molar-refractivity contribution in [2.45, 2.75) is 33.2 Å². The van der Waals surface area contributed by atoms with Gasteiger partial charge in [0.1, 0.15) is 0 Å². The first-order chi connectivity index (χ1) is 9.17. The fourth-order valence-electron chi connectivity index (χ4n) is 1.91. The van der Waals surface area contributed by atoms with Crippen LogP contribution in [0.15, 0.2) is 18.2 Å². The highest BCUT2D eigenvalue weighted by atomic mass is 32.1. The first-order valence-electron chi connectivity index (χ1n) is 6.33. The molecule has 0 aromatic carbocycles. The molecule has 2 heterocycles. The SMILES string of the molecule is CCc1cc(CC)n(Cc2ccc(C(=O)NN)s2)n1. The van der Waals surface area contributed by atoms with Crippen LogP contribution in [0.5, 0.6) is 0 Å². The minimum atomic E-state index is -0.248. The molecule has 0 aliphatic carbocycles. The molecule has 0 bridgehead atoms. The number of nitrogens with two attached hydrogens (primary N) is 1. The number of nitrogens with one attached hydrogen (secondary N) is 1. The average Bonchev–Trinajstić information content (AvgIpc) is 3.05. The van der Waals surface area contributed by atoms with Crippen molar-refractivity contribution in [2.24, 2.45) is 5.84 Å². The van der Waals surface area contributed by atoms with Gasteiger partial charge in [-0.2, -0.15) is 5.10 Å². The molecule has 0 radical (unpaired) electrons. The highest BCUT2D eigenvalue weighted by Gasteiger charge is 2.10. The van der Waals surface area contributed by atoms with E-state index in [9.17, 15) is 4.79 Å². The molecule has 0 atom stereocenters. The Morgan fingerprint density at radius 3 is 2.84 bits per heavy atom. The molecule has 5 nitrogen and oxygen atoms in total. The van der Waals surface area contributed by atoms with Crippen LogP contribution in [-0.2, 0) is 19.4 Å². The van der Waals surface area contributed by atoms with Gasteiger partial charge in [0, 0.05) is 10.6 Å². The van der Waals surface area contributed by atoms with Crippen LogP contribution < -0.4 is 11.3 Å². The summed E-state index contributed by atoms with van der Waals surface area (Å²) in [5.41, 5.74) is 4.47. The van der Waals surface area contributed by atoms with E-state index in [4.69, 9.17) is 5.84 Å². The third-order valence-electron chi connectivity index (χ3n) is 2.96. The van der Waals surface area contributed by atoms with Crippen molar-refractivity contribution in [1.29, 1.82) is 0 Å². The van der Waals surface area contributed by atoms with E-state index in [0.717, 1.165) is 23.4 Å². The maximum Gasteiger partial charge on any atom is 0.275 e. The molecule has 0 saturated heterocycles. The molecule has 0 aliphatic heterocycles. The summed E-state index contributed by atoms with van der Waals surface area (Å²) in [6, 6.07) is 5.88. The lowest BCUT2D eigenvalue weighted by Crippen LogP contribution is -2.29. The van der Waals surface area contributed by atoms with Gasteiger partial charge in [0.15, 0.2) is 0 Å². The van der Waals surface area contributed by atoms with E-state index in [1.165, 1.54) is 17.0 Å². The molecule has 1 amide bonds. The van der Waals surface area contributed by atoms with Gasteiger partial charge in [-0.1, -0.05) is 13.8 Å². The maximum absolute atomic E-state index is 11.4. The second-order valence-electron chi connectivity index (χ2n) is 4.23. The number of nitrogens with zero attached hydrogens (tertiary/aromatic N) is 2. The van der Waals surface area contributed by atoms with Crippen molar-refractivity contribution in [2.75, 3.05) is 0 Å². The summed E-state index contributed by atoms with van der Waals surface area (Å²) >= 11 is 1.44. The minimum absolute atomic E-state index is 0.248. The highest BCUT2D eigenvalue weighted by molar-refractivity contribution is 7.14. The number of hydrogen-bond donors (Lipinski definition) is 2. The monoisotopic (exact) mass is 278 g/mol. The van der Waals surface area contributed by atoms with Crippen LogP contribution in [0.4, 0.5) is 0 Å². The number of aryl methyl sites for hydroxylation is 2. The Morgan fingerprint density at radius 1 is 1.42 bits per heavy atom. The van der Waals surface area contributed by atoms with Crippen LogP contribution in [0.2, 0.25) is 0 Å². The second-order valence-corrected chi connectivity index (χ2v) is 5.40. The number of aromatic nitrogens is 2. The number of amides is 1.